The van der Waals surface area contributed by atoms with Crippen LogP contribution in [0.5, 0.6) is 0 Å². The number of sulfonamides is 1. The Morgan fingerprint density at radius 3 is 1.94 bits per heavy atom. The van der Waals surface area contributed by atoms with Crippen molar-refractivity contribution in [2.24, 2.45) is 0 Å². The molecule has 3 aromatic rings. The quantitative estimate of drug-likeness (QED) is 0.429. The smallest absolute Gasteiger partial charge is 0.323 e. The van der Waals surface area contributed by atoms with E-state index in [-0.39, 0.29) is 16.3 Å². The van der Waals surface area contributed by atoms with Crippen molar-refractivity contribution in [1.82, 2.24) is 9.88 Å². The summed E-state index contributed by atoms with van der Waals surface area (Å²) >= 11 is 0. The van der Waals surface area contributed by atoms with Gasteiger partial charge in [0, 0.05) is 17.1 Å². The number of carbonyl (C=O) groups is 2. The zero-order chi connectivity index (χ0) is 23.3. The molecule has 0 bridgehead atoms. The molecule has 11 heteroatoms. The minimum atomic E-state index is -3.98. The van der Waals surface area contributed by atoms with Crippen LogP contribution in [-0.2, 0) is 14.8 Å². The second-order valence-electron chi connectivity index (χ2n) is 7.01. The second kappa shape index (κ2) is 9.62. The van der Waals surface area contributed by atoms with E-state index >= 15 is 0 Å². The number of nitrogens with one attached hydrogen (secondary N) is 4. The molecule has 0 spiro atoms. The summed E-state index contributed by atoms with van der Waals surface area (Å²) in [6.07, 6.45) is 0. The number of aromatic nitrogens is 1. The summed E-state index contributed by atoms with van der Waals surface area (Å²) in [4.78, 5) is 24.4. The van der Waals surface area contributed by atoms with Gasteiger partial charge in [-0.05, 0) is 57.2 Å². The fraction of sp³-hybridized carbons (Fsp3) is 0.190. The Bertz CT molecular complexity index is 1190. The number of urea groups is 1. The summed E-state index contributed by atoms with van der Waals surface area (Å²) < 4.78 is 32.3. The Morgan fingerprint density at radius 1 is 0.875 bits per heavy atom. The zero-order valence-electron chi connectivity index (χ0n) is 17.7. The Kier molecular flexibility index (Phi) is 6.91. The van der Waals surface area contributed by atoms with Crippen LogP contribution in [0.25, 0.3) is 0 Å². The van der Waals surface area contributed by atoms with Crippen molar-refractivity contribution in [3.8, 4) is 0 Å². The highest BCUT2D eigenvalue weighted by atomic mass is 32.2. The summed E-state index contributed by atoms with van der Waals surface area (Å²) in [7, 11) is -3.98. The molecule has 3 rings (SSSR count). The van der Waals surface area contributed by atoms with Crippen LogP contribution in [0.2, 0.25) is 0 Å². The number of para-hydroxylation sites is 1. The van der Waals surface area contributed by atoms with Gasteiger partial charge in [0.15, 0.2) is 5.76 Å². The third-order valence-corrected chi connectivity index (χ3v) is 6.19. The fourth-order valence-corrected chi connectivity index (χ4v) is 4.44. The van der Waals surface area contributed by atoms with E-state index in [0.717, 1.165) is 0 Å². The van der Waals surface area contributed by atoms with E-state index in [9.17, 15) is 18.0 Å². The maximum atomic E-state index is 12.5. The van der Waals surface area contributed by atoms with E-state index in [0.29, 0.717) is 17.1 Å². The lowest BCUT2D eigenvalue weighted by atomic mass is 10.2. The summed E-state index contributed by atoms with van der Waals surface area (Å²) in [6, 6.07) is 13.9. The maximum Gasteiger partial charge on any atom is 0.323 e. The molecule has 32 heavy (non-hydrogen) atoms. The van der Waals surface area contributed by atoms with Crippen LogP contribution in [0.1, 0.15) is 18.4 Å². The largest absolute Gasteiger partial charge is 0.360 e. The molecule has 0 saturated heterocycles. The first-order valence-corrected chi connectivity index (χ1v) is 11.1. The number of carbonyl (C=O) groups excluding carboxylic acids is 2. The molecule has 1 aromatic heterocycles. The summed E-state index contributed by atoms with van der Waals surface area (Å²) in [5.74, 6) is -0.412. The van der Waals surface area contributed by atoms with Gasteiger partial charge >= 0.3 is 6.03 Å². The molecule has 168 valence electrons. The van der Waals surface area contributed by atoms with Gasteiger partial charge in [0.2, 0.25) is 15.9 Å². The molecule has 1 heterocycles. The number of amides is 3. The highest BCUT2D eigenvalue weighted by molar-refractivity contribution is 7.89. The molecular weight excluding hydrogens is 434 g/mol. The van der Waals surface area contributed by atoms with Crippen molar-refractivity contribution in [2.45, 2.75) is 31.7 Å². The predicted octanol–water partition coefficient (Wildman–Crippen LogP) is 3.24. The normalized spacial score (nSPS) is 12.1. The zero-order valence-corrected chi connectivity index (χ0v) is 18.5. The third-order valence-electron chi connectivity index (χ3n) is 4.40. The van der Waals surface area contributed by atoms with Crippen molar-refractivity contribution < 1.29 is 22.5 Å². The van der Waals surface area contributed by atoms with Gasteiger partial charge in [-0.15, -0.1) is 0 Å². The first-order valence-electron chi connectivity index (χ1n) is 9.65. The van der Waals surface area contributed by atoms with Crippen molar-refractivity contribution in [2.75, 3.05) is 16.0 Å². The number of aryl methyl sites for hydroxylation is 2. The van der Waals surface area contributed by atoms with Crippen molar-refractivity contribution in [1.29, 1.82) is 0 Å². The number of benzene rings is 2. The average Bonchev–Trinajstić information content (AvgIpc) is 3.08. The predicted molar refractivity (Wildman–Crippen MR) is 120 cm³/mol. The van der Waals surface area contributed by atoms with Crippen LogP contribution < -0.4 is 20.7 Å². The summed E-state index contributed by atoms with van der Waals surface area (Å²) in [5, 5.41) is 11.6. The topological polar surface area (TPSA) is 142 Å². The third kappa shape index (κ3) is 5.71. The maximum absolute atomic E-state index is 12.5. The molecule has 2 aromatic carbocycles. The molecule has 3 amide bonds. The van der Waals surface area contributed by atoms with E-state index in [2.05, 4.69) is 25.8 Å². The van der Waals surface area contributed by atoms with E-state index in [4.69, 9.17) is 4.52 Å². The lowest BCUT2D eigenvalue weighted by Crippen LogP contribution is -2.41. The van der Waals surface area contributed by atoms with E-state index in [1.54, 1.807) is 36.4 Å². The van der Waals surface area contributed by atoms with Crippen LogP contribution in [0, 0.1) is 13.8 Å². The van der Waals surface area contributed by atoms with Gasteiger partial charge in [-0.3, -0.25) is 4.79 Å². The lowest BCUT2D eigenvalue weighted by molar-refractivity contribution is -0.117. The molecule has 1 atom stereocenters. The Labute approximate surface area is 185 Å². The first kappa shape index (κ1) is 23.0. The first-order chi connectivity index (χ1) is 15.2. The van der Waals surface area contributed by atoms with Gasteiger partial charge < -0.3 is 20.5 Å². The number of hydrogen-bond donors (Lipinski definition) is 4. The van der Waals surface area contributed by atoms with Crippen molar-refractivity contribution >= 4 is 39.0 Å². The van der Waals surface area contributed by atoms with Gasteiger partial charge in [-0.25, -0.2) is 13.2 Å². The van der Waals surface area contributed by atoms with Gasteiger partial charge in [0.25, 0.3) is 0 Å². The van der Waals surface area contributed by atoms with E-state index < -0.39 is 28.0 Å². The summed E-state index contributed by atoms with van der Waals surface area (Å²) in [5.41, 5.74) is 1.82. The molecule has 4 N–H and O–H groups in total. The lowest BCUT2D eigenvalue weighted by Gasteiger charge is -2.14. The molecule has 0 aliphatic heterocycles. The fourth-order valence-electron chi connectivity index (χ4n) is 2.91. The van der Waals surface area contributed by atoms with Crippen molar-refractivity contribution in [3.05, 3.63) is 66.1 Å². The molecular formula is C21H23N5O5S. The van der Waals surface area contributed by atoms with Crippen LogP contribution in [0.3, 0.4) is 0 Å². The highest BCUT2D eigenvalue weighted by Crippen LogP contribution is 2.19. The number of hydrogen-bond acceptors (Lipinski definition) is 6. The van der Waals surface area contributed by atoms with Crippen LogP contribution >= 0.6 is 0 Å². The number of anilines is 3. The average molecular weight is 458 g/mol. The molecule has 0 saturated carbocycles. The SMILES string of the molecule is Cc1noc(C)c1S(=O)(=O)N[C@@H](C)C(=O)Nc1ccc(NC(=O)Nc2ccccc2)cc1. The molecule has 0 aliphatic carbocycles. The molecule has 0 aliphatic rings. The van der Waals surface area contributed by atoms with Crippen LogP contribution in [-0.4, -0.2) is 31.6 Å². The van der Waals surface area contributed by atoms with Gasteiger partial charge in [0.05, 0.1) is 6.04 Å². The number of nitrogens with zero attached hydrogens (tertiary/aromatic N) is 1. The Morgan fingerprint density at radius 2 is 1.41 bits per heavy atom. The van der Waals surface area contributed by atoms with Gasteiger partial charge in [-0.2, -0.15) is 4.72 Å². The second-order valence-corrected chi connectivity index (χ2v) is 8.66. The minimum absolute atomic E-state index is 0.0821. The molecule has 10 nitrogen and oxygen atoms in total. The van der Waals surface area contributed by atoms with Gasteiger partial charge in [0.1, 0.15) is 10.6 Å². The number of rotatable bonds is 7. The monoisotopic (exact) mass is 457 g/mol. The van der Waals surface area contributed by atoms with E-state index in [1.165, 1.54) is 20.8 Å². The van der Waals surface area contributed by atoms with Gasteiger partial charge in [-0.1, -0.05) is 23.4 Å². The van der Waals surface area contributed by atoms with Crippen LogP contribution in [0.15, 0.2) is 64.0 Å². The molecule has 0 unspecified atom stereocenters. The standard InChI is InChI=1S/C21H23N5O5S/c1-13-19(15(3)31-25-13)32(29,30)26-14(2)20(27)22-17-9-11-18(12-10-17)24-21(28)23-16-7-5-4-6-8-16/h4-12,14,26H,1-3H3,(H,22,27)(H2,23,24,28)/t14-/m0/s1. The Hall–Kier alpha value is -3.70. The summed E-state index contributed by atoms with van der Waals surface area (Å²) in [6.45, 7) is 4.41. The van der Waals surface area contributed by atoms with Crippen LogP contribution in [0.4, 0.5) is 21.9 Å². The molecule has 0 fully saturated rings. The highest BCUT2D eigenvalue weighted by Gasteiger charge is 2.28. The Balaban J connectivity index is 1.56. The van der Waals surface area contributed by atoms with Crippen molar-refractivity contribution in [3.63, 3.8) is 0 Å². The minimum Gasteiger partial charge on any atom is -0.360 e. The van der Waals surface area contributed by atoms with E-state index in [1.807, 2.05) is 18.2 Å². The molecule has 0 radical (unpaired) electrons.